The Balaban J connectivity index is 1.55. The average Bonchev–Trinajstić information content (AvgIpc) is 3.35. The first-order valence-electron chi connectivity index (χ1n) is 10.8. The maximum Gasteiger partial charge on any atom is 0.335 e. The second kappa shape index (κ2) is 7.91. The molecule has 3 aromatic rings. The Morgan fingerprint density at radius 2 is 1.68 bits per heavy atom. The van der Waals surface area contributed by atoms with E-state index in [2.05, 4.69) is 22.0 Å². The van der Waals surface area contributed by atoms with Gasteiger partial charge in [0, 0.05) is 23.1 Å². The number of ether oxygens (including phenoxy) is 2. The standard InChI is InChI=1S/C26H23N3O5/c1-14-5-7-21(15(2)9-14)28-16(3)10-18(17(28)4)11-20-24(30)27-26(32)29(25(20)31)19-6-8-22-23(12-19)34-13-33-22/h5-12H,13H2,1-4H3,(H,27,30,32)/b20-11+. The summed E-state index contributed by atoms with van der Waals surface area (Å²) in [6.45, 7) is 8.07. The van der Waals surface area contributed by atoms with Crippen LogP contribution in [-0.2, 0) is 9.59 Å². The highest BCUT2D eigenvalue weighted by Crippen LogP contribution is 2.36. The van der Waals surface area contributed by atoms with Crippen molar-refractivity contribution in [2.75, 3.05) is 11.7 Å². The van der Waals surface area contributed by atoms with Gasteiger partial charge >= 0.3 is 6.03 Å². The van der Waals surface area contributed by atoms with Gasteiger partial charge in [0.25, 0.3) is 11.8 Å². The van der Waals surface area contributed by atoms with E-state index in [4.69, 9.17) is 9.47 Å². The van der Waals surface area contributed by atoms with Crippen molar-refractivity contribution in [3.05, 3.63) is 76.1 Å². The zero-order valence-corrected chi connectivity index (χ0v) is 19.3. The van der Waals surface area contributed by atoms with Gasteiger partial charge in [0.05, 0.1) is 5.69 Å². The van der Waals surface area contributed by atoms with Gasteiger partial charge in [-0.3, -0.25) is 14.9 Å². The summed E-state index contributed by atoms with van der Waals surface area (Å²) in [4.78, 5) is 39.4. The zero-order chi connectivity index (χ0) is 24.1. The highest BCUT2D eigenvalue weighted by molar-refractivity contribution is 6.39. The highest BCUT2D eigenvalue weighted by Gasteiger charge is 2.37. The van der Waals surface area contributed by atoms with E-state index < -0.39 is 17.8 Å². The molecule has 8 nitrogen and oxygen atoms in total. The van der Waals surface area contributed by atoms with Gasteiger partial charge in [0.2, 0.25) is 6.79 Å². The summed E-state index contributed by atoms with van der Waals surface area (Å²) >= 11 is 0. The number of amides is 4. The van der Waals surface area contributed by atoms with Crippen molar-refractivity contribution in [3.8, 4) is 17.2 Å². The lowest BCUT2D eigenvalue weighted by Crippen LogP contribution is -2.54. The maximum atomic E-state index is 13.3. The third-order valence-corrected chi connectivity index (χ3v) is 6.08. The fourth-order valence-corrected chi connectivity index (χ4v) is 4.43. The number of hydrogen-bond acceptors (Lipinski definition) is 5. The zero-order valence-electron chi connectivity index (χ0n) is 19.3. The van der Waals surface area contributed by atoms with Gasteiger partial charge in [0.15, 0.2) is 11.5 Å². The number of barbiturate groups is 1. The molecule has 4 amide bonds. The van der Waals surface area contributed by atoms with Crippen molar-refractivity contribution < 1.29 is 23.9 Å². The van der Waals surface area contributed by atoms with E-state index in [1.165, 1.54) is 11.6 Å². The average molecular weight is 457 g/mol. The van der Waals surface area contributed by atoms with Crippen molar-refractivity contribution in [1.82, 2.24) is 9.88 Å². The van der Waals surface area contributed by atoms with Crippen molar-refractivity contribution in [1.29, 1.82) is 0 Å². The Morgan fingerprint density at radius 3 is 2.44 bits per heavy atom. The monoisotopic (exact) mass is 457 g/mol. The number of urea groups is 1. The van der Waals surface area contributed by atoms with E-state index in [-0.39, 0.29) is 18.1 Å². The minimum Gasteiger partial charge on any atom is -0.454 e. The van der Waals surface area contributed by atoms with E-state index in [0.29, 0.717) is 11.5 Å². The summed E-state index contributed by atoms with van der Waals surface area (Å²) in [5.41, 5.74) is 6.03. The largest absolute Gasteiger partial charge is 0.454 e. The van der Waals surface area contributed by atoms with Gasteiger partial charge in [0.1, 0.15) is 5.57 Å². The molecule has 0 atom stereocenters. The smallest absolute Gasteiger partial charge is 0.335 e. The number of aromatic nitrogens is 1. The number of nitrogens with zero attached hydrogens (tertiary/aromatic N) is 2. The Kier molecular flexibility index (Phi) is 5.01. The molecular weight excluding hydrogens is 434 g/mol. The second-order valence-corrected chi connectivity index (χ2v) is 8.45. The van der Waals surface area contributed by atoms with Crippen LogP contribution in [0.2, 0.25) is 0 Å². The molecule has 5 rings (SSSR count). The predicted molar refractivity (Wildman–Crippen MR) is 126 cm³/mol. The van der Waals surface area contributed by atoms with Crippen molar-refractivity contribution >= 4 is 29.6 Å². The van der Waals surface area contributed by atoms with Gasteiger partial charge in [-0.2, -0.15) is 0 Å². The lowest BCUT2D eigenvalue weighted by atomic mass is 10.1. The molecule has 34 heavy (non-hydrogen) atoms. The molecule has 0 spiro atoms. The fraction of sp³-hybridized carbons (Fsp3) is 0.192. The molecular formula is C26H23N3O5. The number of nitrogens with one attached hydrogen (secondary N) is 1. The Bertz CT molecular complexity index is 1420. The van der Waals surface area contributed by atoms with Crippen LogP contribution in [0.3, 0.4) is 0 Å². The molecule has 2 aliphatic rings. The van der Waals surface area contributed by atoms with E-state index in [9.17, 15) is 14.4 Å². The Labute approximate surface area is 196 Å². The van der Waals surface area contributed by atoms with Crippen LogP contribution in [0.15, 0.2) is 48.0 Å². The summed E-state index contributed by atoms with van der Waals surface area (Å²) in [5, 5.41) is 2.26. The van der Waals surface area contributed by atoms with Gasteiger partial charge < -0.3 is 14.0 Å². The molecule has 1 fully saturated rings. The second-order valence-electron chi connectivity index (χ2n) is 8.45. The number of rotatable bonds is 3. The third-order valence-electron chi connectivity index (χ3n) is 6.08. The van der Waals surface area contributed by atoms with Crippen molar-refractivity contribution in [2.45, 2.75) is 27.7 Å². The van der Waals surface area contributed by atoms with Gasteiger partial charge in [-0.05, 0) is 69.2 Å². The van der Waals surface area contributed by atoms with Gasteiger partial charge in [-0.25, -0.2) is 9.69 Å². The summed E-state index contributed by atoms with van der Waals surface area (Å²) in [6.07, 6.45) is 1.53. The Morgan fingerprint density at radius 1 is 0.912 bits per heavy atom. The van der Waals surface area contributed by atoms with Gasteiger partial charge in [-0.15, -0.1) is 0 Å². The number of anilines is 1. The molecule has 3 heterocycles. The number of carbonyl (C=O) groups excluding carboxylic acids is 3. The molecule has 1 saturated heterocycles. The molecule has 1 N–H and O–H groups in total. The first-order valence-corrected chi connectivity index (χ1v) is 10.8. The van der Waals surface area contributed by atoms with Crippen LogP contribution in [0, 0.1) is 27.7 Å². The summed E-state index contributed by atoms with van der Waals surface area (Å²) in [5.74, 6) is -0.482. The van der Waals surface area contributed by atoms with Crippen LogP contribution in [-0.4, -0.2) is 29.2 Å². The van der Waals surface area contributed by atoms with E-state index in [1.54, 1.807) is 18.2 Å². The first-order chi connectivity index (χ1) is 16.2. The van der Waals surface area contributed by atoms with Crippen LogP contribution in [0.4, 0.5) is 10.5 Å². The quantitative estimate of drug-likeness (QED) is 0.472. The van der Waals surface area contributed by atoms with Crippen LogP contribution in [0.25, 0.3) is 11.8 Å². The molecule has 2 aromatic carbocycles. The minimum atomic E-state index is -0.813. The molecule has 0 radical (unpaired) electrons. The van der Waals surface area contributed by atoms with E-state index >= 15 is 0 Å². The number of fused-ring (bicyclic) bond motifs is 1. The maximum absolute atomic E-state index is 13.3. The van der Waals surface area contributed by atoms with Gasteiger partial charge in [-0.1, -0.05) is 17.7 Å². The molecule has 1 aromatic heterocycles. The summed E-state index contributed by atoms with van der Waals surface area (Å²) in [7, 11) is 0. The molecule has 172 valence electrons. The van der Waals surface area contributed by atoms with Crippen LogP contribution in [0.1, 0.15) is 28.1 Å². The Hall–Kier alpha value is -4.33. The SMILES string of the molecule is Cc1ccc(-n2c(C)cc(/C=C3\C(=O)NC(=O)N(c4ccc5c(c4)OCO5)C3=O)c2C)c(C)c1. The lowest BCUT2D eigenvalue weighted by Gasteiger charge is -2.26. The summed E-state index contributed by atoms with van der Waals surface area (Å²) < 4.78 is 12.7. The van der Waals surface area contributed by atoms with Crippen LogP contribution >= 0.6 is 0 Å². The highest BCUT2D eigenvalue weighted by atomic mass is 16.7. The molecule has 8 heteroatoms. The summed E-state index contributed by atoms with van der Waals surface area (Å²) in [6, 6.07) is 12.1. The third kappa shape index (κ3) is 3.44. The van der Waals surface area contributed by atoms with Crippen LogP contribution in [0.5, 0.6) is 11.5 Å². The predicted octanol–water partition coefficient (Wildman–Crippen LogP) is 4.11. The number of carbonyl (C=O) groups is 3. The molecule has 0 aliphatic carbocycles. The molecule has 0 saturated carbocycles. The number of imide groups is 2. The first kappa shape index (κ1) is 21.5. The van der Waals surface area contributed by atoms with E-state index in [1.807, 2.05) is 39.8 Å². The minimum absolute atomic E-state index is 0.0681. The molecule has 0 bridgehead atoms. The number of hydrogen-bond donors (Lipinski definition) is 1. The normalized spacial score (nSPS) is 16.4. The van der Waals surface area contributed by atoms with Crippen LogP contribution < -0.4 is 19.7 Å². The number of benzene rings is 2. The lowest BCUT2D eigenvalue weighted by molar-refractivity contribution is -0.122. The number of aryl methyl sites for hydroxylation is 3. The van der Waals surface area contributed by atoms with E-state index in [0.717, 1.165) is 33.1 Å². The molecule has 0 unspecified atom stereocenters. The molecule has 2 aliphatic heterocycles. The van der Waals surface area contributed by atoms with Crippen molar-refractivity contribution in [2.24, 2.45) is 0 Å². The van der Waals surface area contributed by atoms with Crippen molar-refractivity contribution in [3.63, 3.8) is 0 Å². The topological polar surface area (TPSA) is 89.9 Å². The fourth-order valence-electron chi connectivity index (χ4n) is 4.43.